The minimum Gasteiger partial charge on any atom is -0.373 e. The molecule has 0 spiro atoms. The van der Waals surface area contributed by atoms with Crippen molar-refractivity contribution >= 4 is 11.7 Å². The van der Waals surface area contributed by atoms with Crippen molar-refractivity contribution in [3.63, 3.8) is 0 Å². The highest BCUT2D eigenvalue weighted by atomic mass is 16.1. The molecule has 5 nitrogen and oxygen atoms in total. The van der Waals surface area contributed by atoms with E-state index in [4.69, 9.17) is 0 Å². The van der Waals surface area contributed by atoms with Gasteiger partial charge in [-0.25, -0.2) is 4.98 Å². The van der Waals surface area contributed by atoms with Crippen LogP contribution in [-0.2, 0) is 0 Å². The molecule has 1 rings (SSSR count). The quantitative estimate of drug-likeness (QED) is 0.767. The van der Waals surface area contributed by atoms with Gasteiger partial charge in [0.15, 0.2) is 0 Å². The lowest BCUT2D eigenvalue weighted by molar-refractivity contribution is 0.0950. The molecule has 0 unspecified atom stereocenters. The zero-order chi connectivity index (χ0) is 12.7. The molecule has 1 aromatic heterocycles. The van der Waals surface area contributed by atoms with Crippen LogP contribution in [0.2, 0.25) is 0 Å². The first-order valence-electron chi connectivity index (χ1n) is 5.78. The van der Waals surface area contributed by atoms with E-state index in [1.54, 1.807) is 25.4 Å². The second kappa shape index (κ2) is 6.85. The van der Waals surface area contributed by atoms with Crippen LogP contribution in [0.3, 0.4) is 0 Å². The number of carbonyl (C=O) groups is 1. The maximum Gasteiger partial charge on any atom is 0.251 e. The summed E-state index contributed by atoms with van der Waals surface area (Å²) >= 11 is 0. The summed E-state index contributed by atoms with van der Waals surface area (Å²) in [5.41, 5.74) is 0.628. The van der Waals surface area contributed by atoms with E-state index in [-0.39, 0.29) is 5.91 Å². The number of nitrogens with one attached hydrogen (secondary N) is 2. The van der Waals surface area contributed by atoms with Gasteiger partial charge in [-0.15, -0.1) is 0 Å². The van der Waals surface area contributed by atoms with Gasteiger partial charge in [0.25, 0.3) is 5.91 Å². The van der Waals surface area contributed by atoms with Crippen LogP contribution in [0.4, 0.5) is 5.82 Å². The monoisotopic (exact) mass is 236 g/mol. The molecule has 5 heteroatoms. The highest BCUT2D eigenvalue weighted by Gasteiger charge is 2.05. The third-order valence-corrected chi connectivity index (χ3v) is 2.60. The van der Waals surface area contributed by atoms with Gasteiger partial charge in [0.1, 0.15) is 5.82 Å². The molecular weight excluding hydrogens is 216 g/mol. The average molecular weight is 236 g/mol. The summed E-state index contributed by atoms with van der Waals surface area (Å²) in [6, 6.07) is 3.44. The van der Waals surface area contributed by atoms with Crippen molar-refractivity contribution < 1.29 is 4.79 Å². The first-order valence-corrected chi connectivity index (χ1v) is 5.78. The molecule has 0 fully saturated rings. The largest absolute Gasteiger partial charge is 0.373 e. The minimum absolute atomic E-state index is 0.0617. The van der Waals surface area contributed by atoms with E-state index in [0.717, 1.165) is 13.1 Å². The number of amides is 1. The predicted molar refractivity (Wildman–Crippen MR) is 69.3 cm³/mol. The number of hydrogen-bond donors (Lipinski definition) is 2. The number of pyridine rings is 1. The Labute approximate surface area is 102 Å². The van der Waals surface area contributed by atoms with Crippen LogP contribution in [0.1, 0.15) is 17.3 Å². The topological polar surface area (TPSA) is 57.3 Å². The highest BCUT2D eigenvalue weighted by molar-refractivity contribution is 5.94. The number of carbonyl (C=O) groups excluding carboxylic acids is 1. The Hall–Kier alpha value is -1.62. The molecule has 0 aromatic carbocycles. The first-order chi connectivity index (χ1) is 8.17. The van der Waals surface area contributed by atoms with E-state index in [9.17, 15) is 4.79 Å². The summed E-state index contributed by atoms with van der Waals surface area (Å²) in [4.78, 5) is 18.0. The number of likely N-dealkylation sites (N-methyl/N-ethyl adjacent to an activating group) is 1. The van der Waals surface area contributed by atoms with Gasteiger partial charge in [0, 0.05) is 31.9 Å². The molecule has 1 amide bonds. The summed E-state index contributed by atoms with van der Waals surface area (Å²) in [5.74, 6) is 0.636. The van der Waals surface area contributed by atoms with Gasteiger partial charge < -0.3 is 15.5 Å². The Kier molecular flexibility index (Phi) is 5.42. The fourth-order valence-electron chi connectivity index (χ4n) is 1.33. The van der Waals surface area contributed by atoms with Gasteiger partial charge >= 0.3 is 0 Å². The van der Waals surface area contributed by atoms with Crippen LogP contribution in [-0.4, -0.2) is 49.5 Å². The van der Waals surface area contributed by atoms with Gasteiger partial charge in [-0.2, -0.15) is 0 Å². The van der Waals surface area contributed by atoms with E-state index in [0.29, 0.717) is 17.9 Å². The fraction of sp³-hybridized carbons (Fsp3) is 0.500. The van der Waals surface area contributed by atoms with Crippen molar-refractivity contribution in [1.82, 2.24) is 15.2 Å². The van der Waals surface area contributed by atoms with Crippen LogP contribution in [0.25, 0.3) is 0 Å². The molecule has 0 aliphatic rings. The van der Waals surface area contributed by atoms with E-state index >= 15 is 0 Å². The van der Waals surface area contributed by atoms with Gasteiger partial charge in [-0.05, 0) is 25.7 Å². The molecule has 17 heavy (non-hydrogen) atoms. The Morgan fingerprint density at radius 2 is 2.29 bits per heavy atom. The normalized spacial score (nSPS) is 10.4. The van der Waals surface area contributed by atoms with Crippen LogP contribution >= 0.6 is 0 Å². The molecule has 0 aliphatic heterocycles. The van der Waals surface area contributed by atoms with Gasteiger partial charge in [0.05, 0.1) is 0 Å². The third kappa shape index (κ3) is 4.40. The van der Waals surface area contributed by atoms with Gasteiger partial charge in [0.2, 0.25) is 0 Å². The van der Waals surface area contributed by atoms with Crippen molar-refractivity contribution in [2.45, 2.75) is 6.92 Å². The Morgan fingerprint density at radius 1 is 1.53 bits per heavy atom. The first kappa shape index (κ1) is 13.4. The number of nitrogens with zero attached hydrogens (tertiary/aromatic N) is 2. The van der Waals surface area contributed by atoms with E-state index in [2.05, 4.69) is 27.4 Å². The van der Waals surface area contributed by atoms with Crippen molar-refractivity contribution in [1.29, 1.82) is 0 Å². The van der Waals surface area contributed by atoms with Crippen molar-refractivity contribution in [3.8, 4) is 0 Å². The van der Waals surface area contributed by atoms with Crippen molar-refractivity contribution in [2.24, 2.45) is 0 Å². The molecule has 0 aliphatic carbocycles. The lowest BCUT2D eigenvalue weighted by Gasteiger charge is -2.14. The standard InChI is InChI=1S/C12H20N4O/c1-4-16(3)8-7-15-12(17)10-5-6-14-11(9-10)13-2/h5-6,9H,4,7-8H2,1-3H3,(H,13,14)(H,15,17). The molecule has 0 saturated heterocycles. The molecule has 1 heterocycles. The summed E-state index contributed by atoms with van der Waals surface area (Å²) in [5, 5.41) is 5.79. The van der Waals surface area contributed by atoms with E-state index in [1.807, 2.05) is 7.05 Å². The molecule has 2 N–H and O–H groups in total. The highest BCUT2D eigenvalue weighted by Crippen LogP contribution is 2.05. The summed E-state index contributed by atoms with van der Waals surface area (Å²) < 4.78 is 0. The second-order valence-corrected chi connectivity index (χ2v) is 3.83. The van der Waals surface area contributed by atoms with Crippen LogP contribution in [0, 0.1) is 0 Å². The maximum absolute atomic E-state index is 11.8. The molecule has 94 valence electrons. The zero-order valence-electron chi connectivity index (χ0n) is 10.7. The zero-order valence-corrected chi connectivity index (χ0v) is 10.7. The number of rotatable bonds is 6. The van der Waals surface area contributed by atoms with Crippen LogP contribution in [0.5, 0.6) is 0 Å². The van der Waals surface area contributed by atoms with Crippen LogP contribution in [0.15, 0.2) is 18.3 Å². The van der Waals surface area contributed by atoms with Gasteiger partial charge in [-0.1, -0.05) is 6.92 Å². The number of anilines is 1. The number of hydrogen-bond acceptors (Lipinski definition) is 4. The Balaban J connectivity index is 2.46. The predicted octanol–water partition coefficient (Wildman–Crippen LogP) is 0.805. The summed E-state index contributed by atoms with van der Waals surface area (Å²) in [7, 11) is 3.80. The van der Waals surface area contributed by atoms with Crippen LogP contribution < -0.4 is 10.6 Å². The molecule has 0 saturated carbocycles. The summed E-state index contributed by atoms with van der Waals surface area (Å²) in [6.07, 6.45) is 1.62. The maximum atomic E-state index is 11.8. The SMILES string of the molecule is CCN(C)CCNC(=O)c1ccnc(NC)c1. The molecule has 1 aromatic rings. The van der Waals surface area contributed by atoms with Crippen molar-refractivity contribution in [3.05, 3.63) is 23.9 Å². The fourth-order valence-corrected chi connectivity index (χ4v) is 1.33. The second-order valence-electron chi connectivity index (χ2n) is 3.83. The average Bonchev–Trinajstić information content (AvgIpc) is 2.38. The van der Waals surface area contributed by atoms with Gasteiger partial charge in [-0.3, -0.25) is 4.79 Å². The Morgan fingerprint density at radius 3 is 2.94 bits per heavy atom. The molecule has 0 bridgehead atoms. The molecular formula is C12H20N4O. The lowest BCUT2D eigenvalue weighted by atomic mass is 10.2. The number of aromatic nitrogens is 1. The Bertz CT molecular complexity index is 367. The van der Waals surface area contributed by atoms with Crippen molar-refractivity contribution in [2.75, 3.05) is 39.0 Å². The molecule has 0 atom stereocenters. The molecule has 0 radical (unpaired) electrons. The summed E-state index contributed by atoms with van der Waals surface area (Å²) in [6.45, 7) is 4.57. The smallest absolute Gasteiger partial charge is 0.251 e. The third-order valence-electron chi connectivity index (χ3n) is 2.60. The van der Waals surface area contributed by atoms with E-state index < -0.39 is 0 Å². The minimum atomic E-state index is -0.0617. The van der Waals surface area contributed by atoms with E-state index in [1.165, 1.54) is 0 Å². The lowest BCUT2D eigenvalue weighted by Crippen LogP contribution is -2.32.